The molecule has 100 valence electrons. The third-order valence-corrected chi connectivity index (χ3v) is 3.61. The van der Waals surface area contributed by atoms with Crippen LogP contribution in [-0.2, 0) is 0 Å². The fraction of sp³-hybridized carbons (Fsp3) is 0.600. The van der Waals surface area contributed by atoms with Gasteiger partial charge in [0.25, 0.3) is 0 Å². The Kier molecular flexibility index (Phi) is 4.00. The number of nitrogens with zero attached hydrogens (tertiary/aromatic N) is 1. The van der Waals surface area contributed by atoms with Gasteiger partial charge >= 0.3 is 0 Å². The van der Waals surface area contributed by atoms with Gasteiger partial charge in [-0.1, -0.05) is 19.4 Å². The van der Waals surface area contributed by atoms with Gasteiger partial charge in [0.05, 0.1) is 17.5 Å². The van der Waals surface area contributed by atoms with Crippen LogP contribution >= 0.6 is 0 Å². The van der Waals surface area contributed by atoms with Crippen molar-refractivity contribution < 1.29 is 4.74 Å². The van der Waals surface area contributed by atoms with E-state index < -0.39 is 0 Å². The lowest BCUT2D eigenvalue weighted by molar-refractivity contribution is 0.244. The van der Waals surface area contributed by atoms with Crippen molar-refractivity contribution in [3.8, 4) is 5.75 Å². The van der Waals surface area contributed by atoms with E-state index in [1.807, 2.05) is 26.0 Å². The lowest BCUT2D eigenvalue weighted by atomic mass is 10.1. The molecule has 3 heteroatoms. The second kappa shape index (κ2) is 5.51. The number of para-hydroxylation sites is 1. The summed E-state index contributed by atoms with van der Waals surface area (Å²) >= 11 is 0. The molecule has 0 bridgehead atoms. The Morgan fingerprint density at radius 2 is 2.22 bits per heavy atom. The third-order valence-electron chi connectivity index (χ3n) is 3.61. The van der Waals surface area contributed by atoms with E-state index in [-0.39, 0.29) is 6.10 Å². The van der Waals surface area contributed by atoms with Crippen LogP contribution in [0.1, 0.15) is 33.6 Å². The quantitative estimate of drug-likeness (QED) is 0.831. The van der Waals surface area contributed by atoms with Gasteiger partial charge in [0.15, 0.2) is 0 Å². The predicted molar refractivity (Wildman–Crippen MR) is 77.2 cm³/mol. The van der Waals surface area contributed by atoms with Crippen molar-refractivity contribution in [1.29, 1.82) is 0 Å². The molecule has 1 saturated heterocycles. The second-order valence-electron chi connectivity index (χ2n) is 5.36. The minimum atomic E-state index is 0.157. The Labute approximate surface area is 110 Å². The molecule has 0 saturated carbocycles. The maximum absolute atomic E-state index is 6.23. The van der Waals surface area contributed by atoms with Crippen LogP contribution in [-0.4, -0.2) is 19.2 Å². The average Bonchev–Trinajstić information content (AvgIpc) is 2.80. The van der Waals surface area contributed by atoms with Crippen LogP contribution in [0.15, 0.2) is 18.2 Å². The first-order chi connectivity index (χ1) is 8.61. The lowest BCUT2D eigenvalue weighted by Gasteiger charge is -2.22. The Morgan fingerprint density at radius 3 is 2.83 bits per heavy atom. The van der Waals surface area contributed by atoms with Crippen molar-refractivity contribution in [2.45, 2.75) is 39.7 Å². The van der Waals surface area contributed by atoms with Gasteiger partial charge in [0.2, 0.25) is 0 Å². The Balaban J connectivity index is 2.18. The fourth-order valence-corrected chi connectivity index (χ4v) is 2.55. The highest BCUT2D eigenvalue weighted by Crippen LogP contribution is 2.35. The van der Waals surface area contributed by atoms with Crippen LogP contribution in [0.4, 0.5) is 11.4 Å². The zero-order chi connectivity index (χ0) is 13.1. The number of rotatable bonds is 4. The highest BCUT2D eigenvalue weighted by atomic mass is 16.5. The number of hydrogen-bond acceptors (Lipinski definition) is 3. The van der Waals surface area contributed by atoms with Crippen molar-refractivity contribution in [3.05, 3.63) is 18.2 Å². The van der Waals surface area contributed by atoms with Crippen molar-refractivity contribution in [1.82, 2.24) is 0 Å². The van der Waals surface area contributed by atoms with Crippen molar-refractivity contribution in [2.75, 3.05) is 23.7 Å². The van der Waals surface area contributed by atoms with E-state index in [1.54, 1.807) is 0 Å². The molecule has 1 unspecified atom stereocenters. The van der Waals surface area contributed by atoms with E-state index in [1.165, 1.54) is 12.8 Å². The van der Waals surface area contributed by atoms with Gasteiger partial charge in [0.1, 0.15) is 5.75 Å². The SMILES string of the molecule is CCC1CCN(c2cccc(OC(C)C)c2N)C1. The number of hydrogen-bond donors (Lipinski definition) is 1. The summed E-state index contributed by atoms with van der Waals surface area (Å²) in [4.78, 5) is 2.39. The molecule has 1 heterocycles. The summed E-state index contributed by atoms with van der Waals surface area (Å²) in [6, 6.07) is 6.08. The molecule has 18 heavy (non-hydrogen) atoms. The molecule has 1 aliphatic rings. The number of ether oxygens (including phenoxy) is 1. The van der Waals surface area contributed by atoms with Gasteiger partial charge in [0, 0.05) is 13.1 Å². The largest absolute Gasteiger partial charge is 0.489 e. The minimum Gasteiger partial charge on any atom is -0.489 e. The molecule has 0 radical (unpaired) electrons. The zero-order valence-electron chi connectivity index (χ0n) is 11.6. The first-order valence-electron chi connectivity index (χ1n) is 6.92. The Bertz CT molecular complexity index is 403. The number of nitrogen functional groups attached to an aromatic ring is 1. The first-order valence-corrected chi connectivity index (χ1v) is 6.92. The molecule has 0 amide bonds. The van der Waals surface area contributed by atoms with Crippen LogP contribution < -0.4 is 15.4 Å². The average molecular weight is 248 g/mol. The maximum Gasteiger partial charge on any atom is 0.144 e. The van der Waals surface area contributed by atoms with Gasteiger partial charge in [-0.3, -0.25) is 0 Å². The van der Waals surface area contributed by atoms with E-state index >= 15 is 0 Å². The molecular formula is C15H24N2O. The summed E-state index contributed by atoms with van der Waals surface area (Å²) in [6.07, 6.45) is 2.67. The Hall–Kier alpha value is -1.38. The van der Waals surface area contributed by atoms with E-state index in [0.29, 0.717) is 0 Å². The summed E-state index contributed by atoms with van der Waals surface area (Å²) in [5.41, 5.74) is 8.14. The third kappa shape index (κ3) is 2.71. The fourth-order valence-electron chi connectivity index (χ4n) is 2.55. The molecule has 2 rings (SSSR count). The normalized spacial score (nSPS) is 19.6. The summed E-state index contributed by atoms with van der Waals surface area (Å²) in [6.45, 7) is 8.53. The van der Waals surface area contributed by atoms with Gasteiger partial charge in [-0.25, -0.2) is 0 Å². The molecule has 1 fully saturated rings. The number of anilines is 2. The van der Waals surface area contributed by atoms with Crippen LogP contribution in [0.3, 0.4) is 0 Å². The van der Waals surface area contributed by atoms with Gasteiger partial charge < -0.3 is 15.4 Å². The summed E-state index contributed by atoms with van der Waals surface area (Å²) in [7, 11) is 0. The zero-order valence-corrected chi connectivity index (χ0v) is 11.6. The molecule has 0 spiro atoms. The second-order valence-corrected chi connectivity index (χ2v) is 5.36. The van der Waals surface area contributed by atoms with Crippen LogP contribution in [0.2, 0.25) is 0 Å². The van der Waals surface area contributed by atoms with E-state index in [9.17, 15) is 0 Å². The molecule has 1 aliphatic heterocycles. The van der Waals surface area contributed by atoms with Crippen molar-refractivity contribution >= 4 is 11.4 Å². The van der Waals surface area contributed by atoms with Crippen molar-refractivity contribution in [3.63, 3.8) is 0 Å². The minimum absolute atomic E-state index is 0.157. The summed E-state index contributed by atoms with van der Waals surface area (Å²) < 4.78 is 5.75. The molecule has 3 nitrogen and oxygen atoms in total. The first kappa shape index (κ1) is 13.1. The molecule has 1 aromatic carbocycles. The van der Waals surface area contributed by atoms with Crippen LogP contribution in [0.25, 0.3) is 0 Å². The molecule has 0 aliphatic carbocycles. The van der Waals surface area contributed by atoms with Gasteiger partial charge in [-0.15, -0.1) is 0 Å². The standard InChI is InChI=1S/C15H24N2O/c1-4-12-8-9-17(10-12)13-6-5-7-14(15(13)16)18-11(2)3/h5-7,11-12H,4,8-10,16H2,1-3H3. The van der Waals surface area contributed by atoms with Crippen LogP contribution in [0.5, 0.6) is 5.75 Å². The highest BCUT2D eigenvalue weighted by Gasteiger charge is 2.23. The monoisotopic (exact) mass is 248 g/mol. The highest BCUT2D eigenvalue weighted by molar-refractivity contribution is 5.74. The number of benzene rings is 1. The van der Waals surface area contributed by atoms with E-state index in [2.05, 4.69) is 17.9 Å². The van der Waals surface area contributed by atoms with Crippen molar-refractivity contribution in [2.24, 2.45) is 5.92 Å². The lowest BCUT2D eigenvalue weighted by Crippen LogP contribution is -2.21. The molecule has 2 N–H and O–H groups in total. The smallest absolute Gasteiger partial charge is 0.144 e. The van der Waals surface area contributed by atoms with E-state index in [0.717, 1.165) is 36.1 Å². The maximum atomic E-state index is 6.23. The summed E-state index contributed by atoms with van der Waals surface area (Å²) in [5, 5.41) is 0. The molecule has 1 aromatic rings. The Morgan fingerprint density at radius 1 is 1.44 bits per heavy atom. The number of nitrogens with two attached hydrogens (primary N) is 1. The molecule has 1 atom stereocenters. The molecule has 0 aromatic heterocycles. The molecular weight excluding hydrogens is 224 g/mol. The predicted octanol–water partition coefficient (Wildman–Crippen LogP) is 3.29. The van der Waals surface area contributed by atoms with Gasteiger partial charge in [-0.2, -0.15) is 0 Å². The topological polar surface area (TPSA) is 38.5 Å². The van der Waals surface area contributed by atoms with Gasteiger partial charge in [-0.05, 0) is 38.3 Å². The summed E-state index contributed by atoms with van der Waals surface area (Å²) in [5.74, 6) is 1.61. The van der Waals surface area contributed by atoms with E-state index in [4.69, 9.17) is 10.5 Å². The van der Waals surface area contributed by atoms with Crippen LogP contribution in [0, 0.1) is 5.92 Å².